The number of carbonyl (C=O) groups excluding carboxylic acids is 1. The summed E-state index contributed by atoms with van der Waals surface area (Å²) in [7, 11) is 0. The maximum absolute atomic E-state index is 12.2. The monoisotopic (exact) mass is 341 g/mol. The summed E-state index contributed by atoms with van der Waals surface area (Å²) < 4.78 is 0.841. The van der Waals surface area contributed by atoms with Crippen molar-refractivity contribution in [3.8, 4) is 0 Å². The summed E-state index contributed by atoms with van der Waals surface area (Å²) in [6.45, 7) is 1.96. The molecule has 0 aliphatic carbocycles. The van der Waals surface area contributed by atoms with Crippen LogP contribution in [0.15, 0.2) is 58.9 Å². The lowest BCUT2D eigenvalue weighted by molar-refractivity contribution is 0.102. The molecule has 1 N–H and O–H groups in total. The van der Waals surface area contributed by atoms with Gasteiger partial charge in [0, 0.05) is 11.3 Å². The van der Waals surface area contributed by atoms with Gasteiger partial charge in [-0.15, -0.1) is 10.2 Å². The third kappa shape index (κ3) is 4.40. The van der Waals surface area contributed by atoms with E-state index in [1.807, 2.05) is 43.3 Å². The Morgan fingerprint density at radius 3 is 2.74 bits per heavy atom. The highest BCUT2D eigenvalue weighted by Crippen LogP contribution is 2.28. The van der Waals surface area contributed by atoms with Crippen LogP contribution in [0.25, 0.3) is 0 Å². The molecule has 116 valence electrons. The molecule has 0 atom stereocenters. The van der Waals surface area contributed by atoms with Crippen LogP contribution in [0.3, 0.4) is 0 Å². The van der Waals surface area contributed by atoms with Crippen molar-refractivity contribution >= 4 is 34.1 Å². The maximum Gasteiger partial charge on any atom is 0.257 e. The zero-order valence-corrected chi connectivity index (χ0v) is 14.2. The second-order valence-corrected chi connectivity index (χ2v) is 7.17. The summed E-state index contributed by atoms with van der Waals surface area (Å²) in [4.78, 5) is 12.2. The van der Waals surface area contributed by atoms with Crippen molar-refractivity contribution < 1.29 is 4.79 Å². The molecule has 0 spiro atoms. The van der Waals surface area contributed by atoms with Crippen LogP contribution in [0.2, 0.25) is 0 Å². The van der Waals surface area contributed by atoms with Crippen molar-refractivity contribution in [2.45, 2.75) is 17.0 Å². The molecule has 0 saturated carbocycles. The Hall–Kier alpha value is -2.18. The summed E-state index contributed by atoms with van der Waals surface area (Å²) in [5, 5.41) is 11.5. The van der Waals surface area contributed by atoms with Gasteiger partial charge in [-0.1, -0.05) is 71.1 Å². The van der Waals surface area contributed by atoms with E-state index in [4.69, 9.17) is 0 Å². The maximum atomic E-state index is 12.2. The number of aryl methyl sites for hydroxylation is 1. The number of thioether (sulfide) groups is 1. The van der Waals surface area contributed by atoms with Gasteiger partial charge >= 0.3 is 0 Å². The van der Waals surface area contributed by atoms with Crippen molar-refractivity contribution in [1.29, 1.82) is 0 Å². The van der Waals surface area contributed by atoms with Gasteiger partial charge in [-0.05, 0) is 24.6 Å². The Bertz CT molecular complexity index is 802. The minimum atomic E-state index is -0.163. The van der Waals surface area contributed by atoms with Gasteiger partial charge in [0.1, 0.15) is 0 Å². The molecule has 1 amide bonds. The molecule has 2 aromatic carbocycles. The zero-order chi connectivity index (χ0) is 16.1. The van der Waals surface area contributed by atoms with Crippen LogP contribution in [-0.4, -0.2) is 16.1 Å². The van der Waals surface area contributed by atoms with Gasteiger partial charge in [0.2, 0.25) is 5.13 Å². The average Bonchev–Trinajstić information content (AvgIpc) is 3.01. The Morgan fingerprint density at radius 1 is 1.13 bits per heavy atom. The summed E-state index contributed by atoms with van der Waals surface area (Å²) in [6, 6.07) is 17.6. The fourth-order valence-corrected chi connectivity index (χ4v) is 3.70. The molecule has 6 heteroatoms. The Balaban J connectivity index is 1.60. The molecular formula is C17H15N3OS2. The fraction of sp³-hybridized carbons (Fsp3) is 0.118. The Morgan fingerprint density at radius 2 is 1.96 bits per heavy atom. The van der Waals surface area contributed by atoms with Gasteiger partial charge in [0.05, 0.1) is 0 Å². The molecule has 0 fully saturated rings. The molecule has 0 saturated heterocycles. The van der Waals surface area contributed by atoms with Gasteiger partial charge in [-0.3, -0.25) is 10.1 Å². The Labute approximate surface area is 143 Å². The minimum Gasteiger partial charge on any atom is -0.296 e. The van der Waals surface area contributed by atoms with Crippen molar-refractivity contribution in [2.24, 2.45) is 0 Å². The highest BCUT2D eigenvalue weighted by Gasteiger charge is 2.10. The summed E-state index contributed by atoms with van der Waals surface area (Å²) >= 11 is 3.00. The number of benzene rings is 2. The van der Waals surface area contributed by atoms with E-state index in [9.17, 15) is 4.79 Å². The van der Waals surface area contributed by atoms with E-state index in [0.717, 1.165) is 15.7 Å². The van der Waals surface area contributed by atoms with Crippen molar-refractivity contribution in [1.82, 2.24) is 10.2 Å². The molecule has 0 radical (unpaired) electrons. The van der Waals surface area contributed by atoms with Gasteiger partial charge < -0.3 is 0 Å². The summed E-state index contributed by atoms with van der Waals surface area (Å²) in [5.74, 6) is 0.672. The molecule has 0 unspecified atom stereocenters. The third-order valence-corrected chi connectivity index (χ3v) is 5.16. The summed E-state index contributed by atoms with van der Waals surface area (Å²) in [5.41, 5.74) is 2.91. The number of nitrogens with zero attached hydrogens (tertiary/aromatic N) is 2. The van der Waals surface area contributed by atoms with Crippen molar-refractivity contribution in [3.05, 3.63) is 71.3 Å². The molecule has 0 aliphatic heterocycles. The van der Waals surface area contributed by atoms with E-state index >= 15 is 0 Å². The first-order chi connectivity index (χ1) is 11.2. The first-order valence-electron chi connectivity index (χ1n) is 7.09. The standard InChI is InChI=1S/C17H15N3OS2/c1-12-6-5-9-14(10-12)15(21)18-16-19-20-17(23-16)22-11-13-7-3-2-4-8-13/h2-10H,11H2,1H3,(H,18,19,21). The highest BCUT2D eigenvalue weighted by atomic mass is 32.2. The highest BCUT2D eigenvalue weighted by molar-refractivity contribution is 8.00. The van der Waals surface area contributed by atoms with Crippen LogP contribution in [0.5, 0.6) is 0 Å². The number of nitrogens with one attached hydrogen (secondary N) is 1. The largest absolute Gasteiger partial charge is 0.296 e. The second kappa shape index (κ2) is 7.39. The van der Waals surface area contributed by atoms with Gasteiger partial charge in [-0.2, -0.15) is 0 Å². The van der Waals surface area contributed by atoms with Gasteiger partial charge in [0.15, 0.2) is 4.34 Å². The molecule has 3 rings (SSSR count). The van der Waals surface area contributed by atoms with E-state index in [0.29, 0.717) is 10.7 Å². The van der Waals surface area contributed by atoms with Crippen LogP contribution in [-0.2, 0) is 5.75 Å². The molecule has 0 aliphatic rings. The van der Waals surface area contributed by atoms with Gasteiger partial charge in [0.25, 0.3) is 5.91 Å². The number of aromatic nitrogens is 2. The van der Waals surface area contributed by atoms with E-state index in [1.165, 1.54) is 16.9 Å². The molecule has 3 aromatic rings. The smallest absolute Gasteiger partial charge is 0.257 e. The number of hydrogen-bond donors (Lipinski definition) is 1. The number of hydrogen-bond acceptors (Lipinski definition) is 5. The molecular weight excluding hydrogens is 326 g/mol. The van der Waals surface area contributed by atoms with E-state index in [1.54, 1.807) is 17.8 Å². The lowest BCUT2D eigenvalue weighted by Crippen LogP contribution is -2.11. The van der Waals surface area contributed by atoms with Crippen LogP contribution in [0, 0.1) is 6.92 Å². The first kappa shape index (κ1) is 15.7. The Kier molecular flexibility index (Phi) is 5.05. The van der Waals surface area contributed by atoms with Crippen LogP contribution < -0.4 is 5.32 Å². The number of carbonyl (C=O) groups is 1. The predicted octanol–water partition coefficient (Wildman–Crippen LogP) is 4.39. The quantitative estimate of drug-likeness (QED) is 0.552. The first-order valence-corrected chi connectivity index (χ1v) is 8.89. The van der Waals surface area contributed by atoms with E-state index in [-0.39, 0.29) is 5.91 Å². The molecule has 23 heavy (non-hydrogen) atoms. The zero-order valence-electron chi connectivity index (χ0n) is 12.5. The lowest BCUT2D eigenvalue weighted by atomic mass is 10.1. The second-order valence-electron chi connectivity index (χ2n) is 4.97. The van der Waals surface area contributed by atoms with E-state index < -0.39 is 0 Å². The molecule has 1 aromatic heterocycles. The minimum absolute atomic E-state index is 0.163. The SMILES string of the molecule is Cc1cccc(C(=O)Nc2nnc(SCc3ccccc3)s2)c1. The van der Waals surface area contributed by atoms with Crippen molar-refractivity contribution in [2.75, 3.05) is 5.32 Å². The topological polar surface area (TPSA) is 54.9 Å². The number of amides is 1. The fourth-order valence-electron chi connectivity index (χ4n) is 1.99. The van der Waals surface area contributed by atoms with E-state index in [2.05, 4.69) is 27.6 Å². The number of anilines is 1. The number of rotatable bonds is 5. The normalized spacial score (nSPS) is 10.5. The van der Waals surface area contributed by atoms with Crippen LogP contribution >= 0.6 is 23.1 Å². The molecule has 4 nitrogen and oxygen atoms in total. The van der Waals surface area contributed by atoms with Crippen LogP contribution in [0.1, 0.15) is 21.5 Å². The third-order valence-electron chi connectivity index (χ3n) is 3.11. The summed E-state index contributed by atoms with van der Waals surface area (Å²) in [6.07, 6.45) is 0. The lowest BCUT2D eigenvalue weighted by Gasteiger charge is -2.01. The molecule has 0 bridgehead atoms. The average molecular weight is 341 g/mol. The van der Waals surface area contributed by atoms with Crippen LogP contribution in [0.4, 0.5) is 5.13 Å². The predicted molar refractivity (Wildman–Crippen MR) is 95.0 cm³/mol. The van der Waals surface area contributed by atoms with Crippen molar-refractivity contribution in [3.63, 3.8) is 0 Å². The van der Waals surface area contributed by atoms with Gasteiger partial charge in [-0.25, -0.2) is 0 Å². The molecule has 1 heterocycles.